The minimum atomic E-state index is -0.438. The molecule has 0 spiro atoms. The van der Waals surface area contributed by atoms with Crippen LogP contribution in [-0.4, -0.2) is 21.0 Å². The van der Waals surface area contributed by atoms with E-state index in [1.54, 1.807) is 0 Å². The average molecular weight is 118 g/mol. The fourth-order valence-corrected chi connectivity index (χ4v) is 0. The lowest BCUT2D eigenvalue weighted by molar-refractivity contribution is 0.0774. The summed E-state index contributed by atoms with van der Waals surface area (Å²) >= 11 is 0. The van der Waals surface area contributed by atoms with Gasteiger partial charge in [0.2, 0.25) is 0 Å². The topological polar surface area (TPSA) is 20.2 Å². The summed E-state index contributed by atoms with van der Waals surface area (Å²) in [7, 11) is 1.08. The first-order valence-corrected chi connectivity index (χ1v) is 3.82. The third kappa shape index (κ3) is 2.82. The standard InChI is InChI=1S/C5H14OSi/c1-4(7)5(2,3)6/h4,6H,1-3,7H3. The maximum absolute atomic E-state index is 9.13. The van der Waals surface area contributed by atoms with Gasteiger partial charge in [0.15, 0.2) is 0 Å². The van der Waals surface area contributed by atoms with Crippen molar-refractivity contribution >= 4 is 10.2 Å². The van der Waals surface area contributed by atoms with E-state index in [1.807, 2.05) is 13.8 Å². The van der Waals surface area contributed by atoms with Crippen LogP contribution >= 0.6 is 0 Å². The van der Waals surface area contributed by atoms with Gasteiger partial charge in [-0.25, -0.2) is 0 Å². The Hall–Kier alpha value is 0.177. The van der Waals surface area contributed by atoms with E-state index < -0.39 is 5.60 Å². The smallest absolute Gasteiger partial charge is 0.0585 e. The fraction of sp³-hybridized carbons (Fsp3) is 1.00. The number of hydrogen-bond acceptors (Lipinski definition) is 1. The van der Waals surface area contributed by atoms with Gasteiger partial charge in [0.05, 0.1) is 5.60 Å². The van der Waals surface area contributed by atoms with Crippen molar-refractivity contribution in [2.75, 3.05) is 0 Å². The zero-order valence-electron chi connectivity index (χ0n) is 5.52. The Morgan fingerprint density at radius 1 is 1.57 bits per heavy atom. The number of aliphatic hydroxyl groups is 1. The van der Waals surface area contributed by atoms with Crippen LogP contribution in [0.5, 0.6) is 0 Å². The van der Waals surface area contributed by atoms with Gasteiger partial charge in [-0.05, 0) is 19.4 Å². The van der Waals surface area contributed by atoms with Gasteiger partial charge in [0, 0.05) is 10.2 Å². The Bertz CT molecular complexity index is 53.6. The van der Waals surface area contributed by atoms with Gasteiger partial charge in [-0.2, -0.15) is 0 Å². The summed E-state index contributed by atoms with van der Waals surface area (Å²) in [6.45, 7) is 5.77. The molecule has 0 aliphatic heterocycles. The van der Waals surface area contributed by atoms with Gasteiger partial charge < -0.3 is 5.11 Å². The maximum Gasteiger partial charge on any atom is 0.0585 e. The Labute approximate surface area is 48.2 Å². The molecule has 44 valence electrons. The van der Waals surface area contributed by atoms with Crippen molar-refractivity contribution in [3.8, 4) is 0 Å². The van der Waals surface area contributed by atoms with Crippen LogP contribution < -0.4 is 0 Å². The van der Waals surface area contributed by atoms with E-state index >= 15 is 0 Å². The van der Waals surface area contributed by atoms with Crippen LogP contribution in [0.4, 0.5) is 0 Å². The first kappa shape index (κ1) is 7.18. The van der Waals surface area contributed by atoms with Gasteiger partial charge in [-0.15, -0.1) is 0 Å². The van der Waals surface area contributed by atoms with E-state index in [-0.39, 0.29) is 0 Å². The summed E-state index contributed by atoms with van der Waals surface area (Å²) in [5, 5.41) is 9.13. The molecule has 0 aliphatic carbocycles. The normalized spacial score (nSPS) is 17.1. The zero-order valence-corrected chi connectivity index (χ0v) is 7.52. The maximum atomic E-state index is 9.13. The predicted molar refractivity (Wildman–Crippen MR) is 35.7 cm³/mol. The van der Waals surface area contributed by atoms with Crippen LogP contribution in [0.3, 0.4) is 0 Å². The Morgan fingerprint density at radius 2 is 1.71 bits per heavy atom. The molecule has 0 saturated carbocycles. The summed E-state index contributed by atoms with van der Waals surface area (Å²) < 4.78 is 0. The van der Waals surface area contributed by atoms with Crippen LogP contribution in [0.2, 0.25) is 5.54 Å². The lowest BCUT2D eigenvalue weighted by Gasteiger charge is -2.21. The van der Waals surface area contributed by atoms with Crippen molar-refractivity contribution in [1.82, 2.24) is 0 Å². The lowest BCUT2D eigenvalue weighted by Crippen LogP contribution is -2.23. The fourth-order valence-electron chi connectivity index (χ4n) is 0. The molecule has 0 amide bonds. The first-order chi connectivity index (χ1) is 2.94. The third-order valence-corrected chi connectivity index (χ3v) is 2.83. The minimum Gasteiger partial charge on any atom is -0.391 e. The average Bonchev–Trinajstić information content (AvgIpc) is 1.31. The van der Waals surface area contributed by atoms with E-state index in [0.29, 0.717) is 5.54 Å². The molecular weight excluding hydrogens is 104 g/mol. The monoisotopic (exact) mass is 118 g/mol. The van der Waals surface area contributed by atoms with Gasteiger partial charge in [0.1, 0.15) is 0 Å². The molecule has 7 heavy (non-hydrogen) atoms. The molecule has 0 aromatic heterocycles. The Kier molecular flexibility index (Phi) is 2.02. The van der Waals surface area contributed by atoms with E-state index in [1.165, 1.54) is 0 Å². The molecule has 1 N–H and O–H groups in total. The van der Waals surface area contributed by atoms with E-state index in [9.17, 15) is 0 Å². The summed E-state index contributed by atoms with van der Waals surface area (Å²) in [5.41, 5.74) is 0.0548. The highest BCUT2D eigenvalue weighted by molar-refractivity contribution is 6.12. The van der Waals surface area contributed by atoms with Crippen LogP contribution in [0.1, 0.15) is 20.8 Å². The van der Waals surface area contributed by atoms with Gasteiger partial charge >= 0.3 is 0 Å². The molecule has 2 heteroatoms. The van der Waals surface area contributed by atoms with Crippen LogP contribution in [0.25, 0.3) is 0 Å². The lowest BCUT2D eigenvalue weighted by atomic mass is 10.1. The van der Waals surface area contributed by atoms with Gasteiger partial charge in [-0.3, -0.25) is 0 Å². The summed E-state index contributed by atoms with van der Waals surface area (Å²) in [5.74, 6) is 0. The van der Waals surface area contributed by atoms with Crippen molar-refractivity contribution in [2.45, 2.75) is 31.9 Å². The van der Waals surface area contributed by atoms with E-state index in [2.05, 4.69) is 6.92 Å². The molecule has 0 bridgehead atoms. The molecule has 1 unspecified atom stereocenters. The second kappa shape index (κ2) is 1.97. The van der Waals surface area contributed by atoms with E-state index in [4.69, 9.17) is 5.11 Å². The van der Waals surface area contributed by atoms with Crippen LogP contribution in [0.15, 0.2) is 0 Å². The Balaban J connectivity index is 3.54. The largest absolute Gasteiger partial charge is 0.391 e. The van der Waals surface area contributed by atoms with Gasteiger partial charge in [-0.1, -0.05) is 6.92 Å². The van der Waals surface area contributed by atoms with Crippen LogP contribution in [0, 0.1) is 0 Å². The molecular formula is C5H14OSi. The summed E-state index contributed by atoms with van der Waals surface area (Å²) in [6.07, 6.45) is 0. The highest BCUT2D eigenvalue weighted by Crippen LogP contribution is 2.16. The van der Waals surface area contributed by atoms with Crippen molar-refractivity contribution < 1.29 is 5.11 Å². The molecule has 0 aromatic rings. The van der Waals surface area contributed by atoms with E-state index in [0.717, 1.165) is 10.2 Å². The summed E-state index contributed by atoms with van der Waals surface area (Å²) in [6, 6.07) is 0. The first-order valence-electron chi connectivity index (χ1n) is 2.67. The summed E-state index contributed by atoms with van der Waals surface area (Å²) in [4.78, 5) is 0. The quantitative estimate of drug-likeness (QED) is 0.478. The molecule has 0 aromatic carbocycles. The molecule has 0 radical (unpaired) electrons. The van der Waals surface area contributed by atoms with Crippen molar-refractivity contribution in [3.63, 3.8) is 0 Å². The molecule has 1 nitrogen and oxygen atoms in total. The highest BCUT2D eigenvalue weighted by atomic mass is 28.1. The molecule has 0 saturated heterocycles. The number of hydrogen-bond donors (Lipinski definition) is 1. The van der Waals surface area contributed by atoms with Gasteiger partial charge in [0.25, 0.3) is 0 Å². The zero-order chi connectivity index (χ0) is 6.08. The second-order valence-electron chi connectivity index (χ2n) is 2.81. The highest BCUT2D eigenvalue weighted by Gasteiger charge is 2.16. The third-order valence-electron chi connectivity index (χ3n) is 1.41. The van der Waals surface area contributed by atoms with Crippen molar-refractivity contribution in [3.05, 3.63) is 0 Å². The molecule has 0 heterocycles. The minimum absolute atomic E-state index is 0.438. The molecule has 0 aliphatic rings. The SMILES string of the molecule is CC([SiH3])C(C)(C)O. The van der Waals surface area contributed by atoms with Crippen molar-refractivity contribution in [2.24, 2.45) is 0 Å². The Morgan fingerprint density at radius 3 is 1.71 bits per heavy atom. The second-order valence-corrected chi connectivity index (χ2v) is 4.54. The van der Waals surface area contributed by atoms with Crippen molar-refractivity contribution in [1.29, 1.82) is 0 Å². The van der Waals surface area contributed by atoms with Crippen LogP contribution in [-0.2, 0) is 0 Å². The molecule has 1 atom stereocenters. The molecule has 0 fully saturated rings. The molecule has 0 rings (SSSR count). The predicted octanol–water partition coefficient (Wildman–Crippen LogP) is -0.0689. The number of rotatable bonds is 1.